The van der Waals surface area contributed by atoms with Gasteiger partial charge in [0, 0.05) is 33.2 Å². The highest BCUT2D eigenvalue weighted by atomic mass is 32.2. The molecule has 0 saturated carbocycles. The van der Waals surface area contributed by atoms with Crippen molar-refractivity contribution in [1.82, 2.24) is 25.2 Å². The van der Waals surface area contributed by atoms with Gasteiger partial charge in [-0.3, -0.25) is 14.5 Å². The Balaban J connectivity index is 1.33. The van der Waals surface area contributed by atoms with E-state index in [0.717, 1.165) is 51.6 Å². The number of carboxylic acids is 2. The monoisotopic (exact) mass is 710 g/mol. The van der Waals surface area contributed by atoms with Crippen molar-refractivity contribution in [2.24, 2.45) is 5.16 Å². The summed E-state index contributed by atoms with van der Waals surface area (Å²) in [6.45, 7) is 0. The summed E-state index contributed by atoms with van der Waals surface area (Å²) in [6, 6.07) is 8.37. The van der Waals surface area contributed by atoms with E-state index in [0.29, 0.717) is 11.3 Å². The fourth-order valence-corrected chi connectivity index (χ4v) is 7.51. The molecule has 3 aliphatic heterocycles. The predicted molar refractivity (Wildman–Crippen MR) is 176 cm³/mol. The number of H-pyrrole nitrogens is 1. The number of aliphatic carboxylic acids is 2. The van der Waals surface area contributed by atoms with Gasteiger partial charge in [-0.05, 0) is 24.3 Å². The van der Waals surface area contributed by atoms with Crippen LogP contribution in [0.5, 0.6) is 11.5 Å². The molecule has 1 aliphatic carbocycles. The van der Waals surface area contributed by atoms with Crippen molar-refractivity contribution >= 4 is 86.7 Å². The van der Waals surface area contributed by atoms with Gasteiger partial charge in [0.15, 0.2) is 27.9 Å². The smallest absolute Gasteiger partial charge is 0.353 e. The Morgan fingerprint density at radius 1 is 1.19 bits per heavy atom. The number of carbonyl (C=O) groups is 4. The molecule has 4 aliphatic rings. The number of carboxylic acid groups (broad SMARTS) is 2. The minimum absolute atomic E-state index is 0.0248. The lowest BCUT2D eigenvalue weighted by Crippen LogP contribution is -2.80. The first-order valence-electron chi connectivity index (χ1n) is 13.5. The van der Waals surface area contributed by atoms with Gasteiger partial charge in [-0.15, -0.1) is 23.1 Å². The minimum Gasteiger partial charge on any atom is -0.504 e. The van der Waals surface area contributed by atoms with Crippen molar-refractivity contribution in [2.45, 2.75) is 17.0 Å². The fourth-order valence-electron chi connectivity index (χ4n) is 5.15. The maximum atomic E-state index is 13.8. The molecule has 48 heavy (non-hydrogen) atoms. The van der Waals surface area contributed by atoms with Gasteiger partial charge in [0.25, 0.3) is 11.8 Å². The normalized spacial score (nSPS) is 19.8. The first-order valence-corrected chi connectivity index (χ1v) is 15.9. The van der Waals surface area contributed by atoms with E-state index in [1.54, 1.807) is 18.2 Å². The van der Waals surface area contributed by atoms with Crippen LogP contribution in [0.2, 0.25) is 0 Å². The van der Waals surface area contributed by atoms with E-state index in [-0.39, 0.29) is 45.1 Å². The third kappa shape index (κ3) is 5.30. The highest BCUT2D eigenvalue weighted by Crippen LogP contribution is 2.48. The van der Waals surface area contributed by atoms with Crippen LogP contribution >= 0.6 is 35.3 Å². The number of nitrogens with two attached hydrogens (primary N) is 2. The standard InChI is InChI=1S/C28H22N8O9S3/c29-20-11-2-1-3-13(11)31-21(33-20)12-7-47-26-28(9-46,25(44)36(26)18(12)23(40)41)34-22(39)17(14-8-48-27(30)32-14)35-45-19(24(42)43)10-4-5-15(37)16(38)6-10/h1-6,8-9,19,26,37-38H,7,29H2,(H2,30,32)(H,31,33)(H,34,39)(H,40,41)(H,42,43)/t19-,26-,28?/m0/s1. The number of aromatic amines is 1. The number of benzene rings is 1. The van der Waals surface area contributed by atoms with Gasteiger partial charge >= 0.3 is 11.9 Å². The number of nitrogens with one attached hydrogen (secondary N) is 2. The summed E-state index contributed by atoms with van der Waals surface area (Å²) < 4.78 is 0. The third-order valence-electron chi connectivity index (χ3n) is 7.44. The van der Waals surface area contributed by atoms with Gasteiger partial charge in [0.1, 0.15) is 28.4 Å². The molecular formula is C28H22N8O9S3. The van der Waals surface area contributed by atoms with E-state index < -0.39 is 58.0 Å². The van der Waals surface area contributed by atoms with E-state index >= 15 is 0 Å². The third-order valence-corrected chi connectivity index (χ3v) is 9.84. The zero-order valence-corrected chi connectivity index (χ0v) is 26.4. The van der Waals surface area contributed by atoms with Crippen LogP contribution < -0.4 is 16.8 Å². The average Bonchev–Trinajstić information content (AvgIpc) is 3.71. The van der Waals surface area contributed by atoms with Crippen LogP contribution in [0.4, 0.5) is 10.9 Å². The molecule has 1 saturated heterocycles. The fraction of sp³-hybridized carbons (Fsp3) is 0.143. The number of amides is 2. The molecule has 1 fully saturated rings. The van der Waals surface area contributed by atoms with E-state index in [1.165, 1.54) is 5.38 Å². The predicted octanol–water partition coefficient (Wildman–Crippen LogP) is 1.36. The second-order valence-electron chi connectivity index (χ2n) is 10.3. The van der Waals surface area contributed by atoms with Crippen LogP contribution in [-0.2, 0) is 24.0 Å². The summed E-state index contributed by atoms with van der Waals surface area (Å²) in [4.78, 5) is 69.8. The molecule has 6 rings (SSSR count). The van der Waals surface area contributed by atoms with E-state index in [9.17, 15) is 39.6 Å². The summed E-state index contributed by atoms with van der Waals surface area (Å²) in [5, 5.41) is 47.0. The van der Waals surface area contributed by atoms with E-state index in [1.807, 2.05) is 0 Å². The largest absolute Gasteiger partial charge is 0.504 e. The van der Waals surface area contributed by atoms with Gasteiger partial charge in [-0.25, -0.2) is 19.6 Å². The van der Waals surface area contributed by atoms with Gasteiger partial charge in [-0.1, -0.05) is 29.5 Å². The summed E-state index contributed by atoms with van der Waals surface area (Å²) in [5.41, 5.74) is 10.1. The van der Waals surface area contributed by atoms with E-state index in [2.05, 4.69) is 25.4 Å². The molecule has 2 amide bonds. The molecular weight excluding hydrogens is 689 g/mol. The number of carbonyl (C=O) groups excluding carboxylic acids is 2. The summed E-state index contributed by atoms with van der Waals surface area (Å²) in [6.07, 6.45) is -1.86. The molecule has 3 atom stereocenters. The van der Waals surface area contributed by atoms with Crippen molar-refractivity contribution < 1.29 is 44.4 Å². The molecule has 1 unspecified atom stereocenters. The van der Waals surface area contributed by atoms with Crippen LogP contribution in [0, 0.1) is 0 Å². The number of rotatable bonds is 10. The summed E-state index contributed by atoms with van der Waals surface area (Å²) in [7, 11) is 0. The number of anilines is 2. The second kappa shape index (κ2) is 12.1. The number of thiocarbonyl (C=S) groups is 1. The number of thiazole rings is 1. The number of fused-ring (bicyclic) bond motifs is 2. The molecule has 4 heterocycles. The number of aromatic nitrogens is 3. The maximum absolute atomic E-state index is 13.8. The number of hydrogen-bond donors (Lipinski definition) is 8. The van der Waals surface area contributed by atoms with Gasteiger partial charge in [0.2, 0.25) is 6.10 Å². The SMILES string of the molecule is Nc1nc(C(=NO[C@H](C(=O)O)c2ccc(O)c(O)c2)C(=O)NC2(C=S)C(=O)N3C(C(=O)O)=C(c4nc(N)c5cccc-5[nH]4)CS[C@H]32)cs1. The van der Waals surface area contributed by atoms with Gasteiger partial charge < -0.3 is 47.0 Å². The number of hydrogen-bond acceptors (Lipinski definition) is 15. The molecule has 2 aromatic rings. The first-order chi connectivity index (χ1) is 22.9. The van der Waals surface area contributed by atoms with Crippen LogP contribution in [0.15, 0.2) is 52.6 Å². The molecule has 10 N–H and O–H groups in total. The number of oxime groups is 1. The molecule has 0 bridgehead atoms. The Morgan fingerprint density at radius 3 is 2.60 bits per heavy atom. The minimum atomic E-state index is -1.91. The van der Waals surface area contributed by atoms with Crippen LogP contribution in [-0.4, -0.2) is 91.8 Å². The molecule has 0 spiro atoms. The Kier molecular flexibility index (Phi) is 8.14. The maximum Gasteiger partial charge on any atom is 0.353 e. The van der Waals surface area contributed by atoms with Crippen LogP contribution in [0.3, 0.4) is 0 Å². The Hall–Kier alpha value is -5.73. The Bertz CT molecular complexity index is 2060. The van der Waals surface area contributed by atoms with Crippen molar-refractivity contribution in [2.75, 3.05) is 17.2 Å². The molecule has 0 radical (unpaired) electrons. The van der Waals surface area contributed by atoms with Crippen molar-refractivity contribution in [1.29, 1.82) is 0 Å². The number of nitrogen functional groups attached to an aromatic ring is 2. The van der Waals surface area contributed by atoms with Crippen molar-refractivity contribution in [3.63, 3.8) is 0 Å². The second-order valence-corrected chi connectivity index (χ2v) is 12.5. The summed E-state index contributed by atoms with van der Waals surface area (Å²) >= 11 is 7.24. The lowest BCUT2D eigenvalue weighted by atomic mass is 9.87. The lowest BCUT2D eigenvalue weighted by Gasteiger charge is -2.55. The zero-order chi connectivity index (χ0) is 34.5. The van der Waals surface area contributed by atoms with E-state index in [4.69, 9.17) is 28.5 Å². The molecule has 1 aromatic carbocycles. The Labute approximate surface area is 282 Å². The first kappa shape index (κ1) is 32.2. The van der Waals surface area contributed by atoms with Crippen molar-refractivity contribution in [3.8, 4) is 22.8 Å². The summed E-state index contributed by atoms with van der Waals surface area (Å²) in [5.74, 6) is -5.75. The molecule has 246 valence electrons. The number of nitrogens with zero attached hydrogens (tertiary/aromatic N) is 4. The quantitative estimate of drug-likeness (QED) is 0.0379. The van der Waals surface area contributed by atoms with Crippen molar-refractivity contribution in [3.05, 3.63) is 64.6 Å². The van der Waals surface area contributed by atoms with Crippen LogP contribution in [0.1, 0.15) is 23.2 Å². The lowest BCUT2D eigenvalue weighted by molar-refractivity contribution is -0.153. The Morgan fingerprint density at radius 2 is 1.96 bits per heavy atom. The van der Waals surface area contributed by atoms with Crippen LogP contribution in [0.25, 0.3) is 16.8 Å². The average molecular weight is 711 g/mol. The molecule has 17 nitrogen and oxygen atoms in total. The number of phenols is 2. The van der Waals surface area contributed by atoms with Gasteiger partial charge in [0.05, 0.1) is 5.69 Å². The number of β-lactam (4-membered cyclic amide) rings is 1. The number of aromatic hydroxyl groups is 2. The molecule has 1 aromatic heterocycles. The topological polar surface area (TPSA) is 280 Å². The van der Waals surface area contributed by atoms with Gasteiger partial charge in [-0.2, -0.15) is 0 Å². The highest BCUT2D eigenvalue weighted by Gasteiger charge is 2.65. The zero-order valence-electron chi connectivity index (χ0n) is 24.0. The number of thioether (sulfide) groups is 1. The number of phenolic OH excluding ortho intramolecular Hbond substituents is 2. The molecule has 20 heteroatoms. The highest BCUT2D eigenvalue weighted by molar-refractivity contribution is 8.00.